The predicted octanol–water partition coefficient (Wildman–Crippen LogP) is 3.74. The summed E-state index contributed by atoms with van der Waals surface area (Å²) in [7, 11) is 0. The van der Waals surface area contributed by atoms with Crippen molar-refractivity contribution in [3.63, 3.8) is 0 Å². The van der Waals surface area contributed by atoms with E-state index in [9.17, 15) is 9.59 Å². The molecule has 0 saturated heterocycles. The minimum Gasteiger partial charge on any atom is -0.466 e. The molecule has 0 aromatic heterocycles. The fourth-order valence-electron chi connectivity index (χ4n) is 3.02. The zero-order valence-corrected chi connectivity index (χ0v) is 15.8. The molecule has 1 aromatic carbocycles. The Bertz CT molecular complexity index is 543. The summed E-state index contributed by atoms with van der Waals surface area (Å²) in [5.74, 6) is 0.00136. The third-order valence-electron chi connectivity index (χ3n) is 4.27. The Hall–Kier alpha value is -1.84. The number of unbranched alkanes of at least 4 members (excludes halogenated alkanes) is 1. The number of aryl methyl sites for hydroxylation is 3. The molecule has 0 bridgehead atoms. The maximum atomic E-state index is 12.6. The monoisotopic (exact) mass is 333 g/mol. The van der Waals surface area contributed by atoms with Crippen LogP contribution in [0.4, 0.5) is 0 Å². The second-order valence-corrected chi connectivity index (χ2v) is 6.29. The van der Waals surface area contributed by atoms with E-state index in [0.717, 1.165) is 18.4 Å². The highest BCUT2D eigenvalue weighted by Gasteiger charge is 2.15. The molecule has 0 heterocycles. The number of likely N-dealkylation sites (N-methyl/N-ethyl adjacent to an activating group) is 1. The van der Waals surface area contributed by atoms with Crippen molar-refractivity contribution < 1.29 is 14.3 Å². The van der Waals surface area contributed by atoms with Crippen molar-refractivity contribution in [1.82, 2.24) is 4.90 Å². The number of amides is 1. The average Bonchev–Trinajstić information content (AvgIpc) is 2.51. The van der Waals surface area contributed by atoms with Crippen LogP contribution in [0.15, 0.2) is 12.1 Å². The normalized spacial score (nSPS) is 10.5. The highest BCUT2D eigenvalue weighted by molar-refractivity contribution is 5.79. The number of rotatable bonds is 9. The van der Waals surface area contributed by atoms with Crippen LogP contribution >= 0.6 is 0 Å². The third-order valence-corrected chi connectivity index (χ3v) is 4.27. The molecule has 0 saturated carbocycles. The van der Waals surface area contributed by atoms with E-state index in [1.165, 1.54) is 16.7 Å². The van der Waals surface area contributed by atoms with Crippen LogP contribution in [-0.2, 0) is 20.7 Å². The Morgan fingerprint density at radius 1 is 1.04 bits per heavy atom. The summed E-state index contributed by atoms with van der Waals surface area (Å²) < 4.78 is 4.92. The number of carbonyl (C=O) groups excluding carboxylic acids is 2. The van der Waals surface area contributed by atoms with E-state index in [-0.39, 0.29) is 11.9 Å². The zero-order chi connectivity index (χ0) is 18.1. The van der Waals surface area contributed by atoms with Crippen molar-refractivity contribution in [2.75, 3.05) is 19.7 Å². The van der Waals surface area contributed by atoms with Gasteiger partial charge in [-0.05, 0) is 64.2 Å². The number of nitrogens with zero attached hydrogens (tertiary/aromatic N) is 1. The summed E-state index contributed by atoms with van der Waals surface area (Å²) >= 11 is 0. The standard InChI is InChI=1S/C20H31NO3/c1-6-21(11-9-8-10-20(23)24-7-2)19(22)14-18-16(4)12-15(3)13-17(18)5/h12-13H,6-11,14H2,1-5H3. The number of hydrogen-bond donors (Lipinski definition) is 0. The van der Waals surface area contributed by atoms with Gasteiger partial charge in [-0.2, -0.15) is 0 Å². The highest BCUT2D eigenvalue weighted by atomic mass is 16.5. The van der Waals surface area contributed by atoms with Gasteiger partial charge in [0.15, 0.2) is 0 Å². The van der Waals surface area contributed by atoms with E-state index < -0.39 is 0 Å². The predicted molar refractivity (Wildman–Crippen MR) is 97.1 cm³/mol. The quantitative estimate of drug-likeness (QED) is 0.511. The maximum absolute atomic E-state index is 12.6. The number of esters is 1. The molecule has 4 nitrogen and oxygen atoms in total. The van der Waals surface area contributed by atoms with Gasteiger partial charge in [0.05, 0.1) is 13.0 Å². The first-order chi connectivity index (χ1) is 11.4. The highest BCUT2D eigenvalue weighted by Crippen LogP contribution is 2.18. The molecule has 0 radical (unpaired) electrons. The minimum atomic E-state index is -0.155. The molecule has 0 unspecified atom stereocenters. The SMILES string of the molecule is CCOC(=O)CCCCN(CC)C(=O)Cc1c(C)cc(C)cc1C. The summed E-state index contributed by atoms with van der Waals surface area (Å²) in [5, 5.41) is 0. The molecule has 0 fully saturated rings. The Morgan fingerprint density at radius 3 is 2.21 bits per heavy atom. The molecule has 4 heteroatoms. The van der Waals surface area contributed by atoms with Gasteiger partial charge in [-0.15, -0.1) is 0 Å². The van der Waals surface area contributed by atoms with Gasteiger partial charge in [-0.3, -0.25) is 9.59 Å². The first-order valence-electron chi connectivity index (χ1n) is 8.89. The van der Waals surface area contributed by atoms with Gasteiger partial charge in [0.2, 0.25) is 5.91 Å². The average molecular weight is 333 g/mol. The van der Waals surface area contributed by atoms with Gasteiger partial charge in [-0.1, -0.05) is 17.7 Å². The van der Waals surface area contributed by atoms with Gasteiger partial charge in [0.25, 0.3) is 0 Å². The van der Waals surface area contributed by atoms with E-state index in [1.54, 1.807) is 0 Å². The molecule has 1 aromatic rings. The van der Waals surface area contributed by atoms with Gasteiger partial charge in [-0.25, -0.2) is 0 Å². The molecule has 24 heavy (non-hydrogen) atoms. The zero-order valence-electron chi connectivity index (χ0n) is 15.8. The van der Waals surface area contributed by atoms with Crippen LogP contribution in [0.3, 0.4) is 0 Å². The van der Waals surface area contributed by atoms with E-state index >= 15 is 0 Å². The lowest BCUT2D eigenvalue weighted by Gasteiger charge is -2.22. The van der Waals surface area contributed by atoms with Crippen LogP contribution in [0.25, 0.3) is 0 Å². The van der Waals surface area contributed by atoms with E-state index in [2.05, 4.69) is 32.9 Å². The van der Waals surface area contributed by atoms with Crippen LogP contribution in [-0.4, -0.2) is 36.5 Å². The second-order valence-electron chi connectivity index (χ2n) is 6.29. The van der Waals surface area contributed by atoms with Crippen molar-refractivity contribution in [2.24, 2.45) is 0 Å². The molecule has 134 valence electrons. The van der Waals surface area contributed by atoms with Crippen LogP contribution in [0.2, 0.25) is 0 Å². The molecule has 0 spiro atoms. The largest absolute Gasteiger partial charge is 0.466 e. The topological polar surface area (TPSA) is 46.6 Å². The summed E-state index contributed by atoms with van der Waals surface area (Å²) in [6.45, 7) is 11.8. The fourth-order valence-corrected chi connectivity index (χ4v) is 3.02. The van der Waals surface area contributed by atoms with Crippen LogP contribution in [0.5, 0.6) is 0 Å². The summed E-state index contributed by atoms with van der Waals surface area (Å²) in [5.41, 5.74) is 4.72. The summed E-state index contributed by atoms with van der Waals surface area (Å²) in [6.07, 6.45) is 2.45. The summed E-state index contributed by atoms with van der Waals surface area (Å²) in [6, 6.07) is 4.26. The minimum absolute atomic E-state index is 0.155. The molecule has 0 N–H and O–H groups in total. The Kier molecular flexibility index (Phi) is 8.51. The van der Waals surface area contributed by atoms with Crippen molar-refractivity contribution in [3.8, 4) is 0 Å². The van der Waals surface area contributed by atoms with E-state index in [4.69, 9.17) is 4.74 Å². The third kappa shape index (κ3) is 6.34. The van der Waals surface area contributed by atoms with Gasteiger partial charge >= 0.3 is 5.97 Å². The van der Waals surface area contributed by atoms with Crippen molar-refractivity contribution in [2.45, 2.75) is 60.3 Å². The second kappa shape index (κ2) is 10.1. The molecule has 1 amide bonds. The number of hydrogen-bond acceptors (Lipinski definition) is 3. The van der Waals surface area contributed by atoms with Crippen LogP contribution in [0.1, 0.15) is 55.4 Å². The van der Waals surface area contributed by atoms with Crippen molar-refractivity contribution in [3.05, 3.63) is 34.4 Å². The van der Waals surface area contributed by atoms with Crippen molar-refractivity contribution in [1.29, 1.82) is 0 Å². The smallest absolute Gasteiger partial charge is 0.305 e. The Balaban J connectivity index is 2.54. The van der Waals surface area contributed by atoms with Crippen molar-refractivity contribution >= 4 is 11.9 Å². The maximum Gasteiger partial charge on any atom is 0.305 e. The van der Waals surface area contributed by atoms with Gasteiger partial charge in [0, 0.05) is 19.5 Å². The van der Waals surface area contributed by atoms with Crippen LogP contribution in [0, 0.1) is 20.8 Å². The van der Waals surface area contributed by atoms with E-state index in [0.29, 0.717) is 32.5 Å². The summed E-state index contributed by atoms with van der Waals surface area (Å²) in [4.78, 5) is 25.8. The molecule has 0 aliphatic heterocycles. The Morgan fingerprint density at radius 2 is 1.67 bits per heavy atom. The first kappa shape index (κ1) is 20.2. The Labute approximate surface area is 146 Å². The lowest BCUT2D eigenvalue weighted by molar-refractivity contribution is -0.143. The van der Waals surface area contributed by atoms with Gasteiger partial charge in [0.1, 0.15) is 0 Å². The van der Waals surface area contributed by atoms with Gasteiger partial charge < -0.3 is 9.64 Å². The first-order valence-corrected chi connectivity index (χ1v) is 8.89. The fraction of sp³-hybridized carbons (Fsp3) is 0.600. The lowest BCUT2D eigenvalue weighted by Crippen LogP contribution is -2.33. The molecule has 0 aliphatic carbocycles. The lowest BCUT2D eigenvalue weighted by atomic mass is 9.97. The molecular formula is C20H31NO3. The van der Waals surface area contributed by atoms with E-state index in [1.807, 2.05) is 18.7 Å². The van der Waals surface area contributed by atoms with Crippen LogP contribution < -0.4 is 0 Å². The molecular weight excluding hydrogens is 302 g/mol. The molecule has 0 aliphatic rings. The number of carbonyl (C=O) groups is 2. The molecule has 0 atom stereocenters. The number of benzene rings is 1. The molecule has 1 rings (SSSR count). The number of ether oxygens (including phenoxy) is 1.